The zero-order valence-corrected chi connectivity index (χ0v) is 10.4. The van der Waals surface area contributed by atoms with Crippen molar-refractivity contribution in [3.63, 3.8) is 0 Å². The van der Waals surface area contributed by atoms with E-state index in [1.165, 1.54) is 0 Å². The summed E-state index contributed by atoms with van der Waals surface area (Å²) >= 11 is 3.46. The van der Waals surface area contributed by atoms with Crippen LogP contribution in [0.2, 0.25) is 0 Å². The summed E-state index contributed by atoms with van der Waals surface area (Å²) in [6, 6.07) is 3.76. The van der Waals surface area contributed by atoms with Gasteiger partial charge in [-0.05, 0) is 40.5 Å². The van der Waals surface area contributed by atoms with E-state index in [-0.39, 0.29) is 0 Å². The van der Waals surface area contributed by atoms with E-state index in [4.69, 9.17) is 10.2 Å². The molecule has 2 rings (SSSR count). The summed E-state index contributed by atoms with van der Waals surface area (Å²) in [6.07, 6.45) is 3.29. The Balaban J connectivity index is 2.13. The van der Waals surface area contributed by atoms with E-state index < -0.39 is 0 Å². The fourth-order valence-corrected chi connectivity index (χ4v) is 1.77. The third-order valence-electron chi connectivity index (χ3n) is 2.31. The number of nitrogen functional groups attached to an aromatic ring is 1. The van der Waals surface area contributed by atoms with Gasteiger partial charge >= 0.3 is 0 Å². The average Bonchev–Trinajstić information content (AvgIpc) is 2.78. The molecule has 0 saturated carbocycles. The van der Waals surface area contributed by atoms with Crippen LogP contribution >= 0.6 is 15.9 Å². The molecular weight excluding hydrogens is 270 g/mol. The number of hydrogen-bond donors (Lipinski definition) is 2. The molecule has 0 spiro atoms. The molecule has 2 aromatic heterocycles. The first-order valence-electron chi connectivity index (χ1n) is 4.85. The number of aromatic nitrogens is 1. The number of furan rings is 1. The Kier molecular flexibility index (Phi) is 3.14. The van der Waals surface area contributed by atoms with Crippen LogP contribution in [-0.4, -0.2) is 4.98 Å². The van der Waals surface area contributed by atoms with Crippen molar-refractivity contribution in [2.24, 2.45) is 0 Å². The Bertz CT molecular complexity index is 482. The molecule has 0 radical (unpaired) electrons. The maximum absolute atomic E-state index is 5.74. The zero-order valence-electron chi connectivity index (χ0n) is 8.83. The van der Waals surface area contributed by atoms with Gasteiger partial charge < -0.3 is 15.5 Å². The summed E-state index contributed by atoms with van der Waals surface area (Å²) in [6.45, 7) is 2.54. The molecule has 2 aromatic rings. The van der Waals surface area contributed by atoms with Crippen LogP contribution in [0.3, 0.4) is 0 Å². The standard InChI is InChI=1S/C11H12BrN3O/c1-7-9(13)6-15-11(10(7)12)14-5-8-3-2-4-16-8/h2-4,6H,5,13H2,1H3,(H,14,15). The summed E-state index contributed by atoms with van der Waals surface area (Å²) in [5.74, 6) is 1.63. The van der Waals surface area contributed by atoms with Crippen molar-refractivity contribution in [3.8, 4) is 0 Å². The first-order valence-corrected chi connectivity index (χ1v) is 5.64. The third-order valence-corrected chi connectivity index (χ3v) is 3.28. The molecule has 0 aliphatic rings. The average molecular weight is 282 g/mol. The van der Waals surface area contributed by atoms with E-state index in [2.05, 4.69) is 26.2 Å². The number of anilines is 2. The molecule has 0 unspecified atom stereocenters. The topological polar surface area (TPSA) is 64.1 Å². The maximum atomic E-state index is 5.74. The molecule has 0 amide bonds. The maximum Gasteiger partial charge on any atom is 0.141 e. The number of rotatable bonds is 3. The van der Waals surface area contributed by atoms with Crippen LogP contribution in [-0.2, 0) is 6.54 Å². The minimum Gasteiger partial charge on any atom is -0.467 e. The minimum atomic E-state index is 0.599. The third kappa shape index (κ3) is 2.19. The largest absolute Gasteiger partial charge is 0.467 e. The lowest BCUT2D eigenvalue weighted by Gasteiger charge is -2.09. The molecule has 0 atom stereocenters. The van der Waals surface area contributed by atoms with Gasteiger partial charge in [0.15, 0.2) is 0 Å². The Labute approximate surface area is 102 Å². The molecule has 0 aromatic carbocycles. The highest BCUT2D eigenvalue weighted by atomic mass is 79.9. The predicted octanol–water partition coefficient (Wildman–Crippen LogP) is 2.94. The molecular formula is C11H12BrN3O. The van der Waals surface area contributed by atoms with Gasteiger partial charge in [-0.1, -0.05) is 0 Å². The fraction of sp³-hybridized carbons (Fsp3) is 0.182. The fourth-order valence-electron chi connectivity index (χ4n) is 1.30. The van der Waals surface area contributed by atoms with Crippen molar-refractivity contribution in [1.29, 1.82) is 0 Å². The van der Waals surface area contributed by atoms with E-state index >= 15 is 0 Å². The quantitative estimate of drug-likeness (QED) is 0.908. The Hall–Kier alpha value is -1.49. The first kappa shape index (κ1) is 11.0. The number of nitrogens with two attached hydrogens (primary N) is 1. The molecule has 0 aliphatic carbocycles. The van der Waals surface area contributed by atoms with Crippen LogP contribution in [0.25, 0.3) is 0 Å². The Morgan fingerprint density at radius 2 is 2.38 bits per heavy atom. The van der Waals surface area contributed by atoms with Crippen LogP contribution in [0, 0.1) is 6.92 Å². The molecule has 2 heterocycles. The van der Waals surface area contributed by atoms with Gasteiger partial charge in [0.25, 0.3) is 0 Å². The number of pyridine rings is 1. The second-order valence-corrected chi connectivity index (χ2v) is 4.23. The van der Waals surface area contributed by atoms with Gasteiger partial charge in [-0.2, -0.15) is 0 Å². The number of hydrogen-bond acceptors (Lipinski definition) is 4. The number of nitrogens with one attached hydrogen (secondary N) is 1. The second-order valence-electron chi connectivity index (χ2n) is 3.43. The van der Waals surface area contributed by atoms with Gasteiger partial charge in [0.2, 0.25) is 0 Å². The van der Waals surface area contributed by atoms with Gasteiger partial charge in [-0.25, -0.2) is 4.98 Å². The Morgan fingerprint density at radius 1 is 1.56 bits per heavy atom. The van der Waals surface area contributed by atoms with Crippen molar-refractivity contribution in [2.45, 2.75) is 13.5 Å². The second kappa shape index (κ2) is 4.57. The van der Waals surface area contributed by atoms with Gasteiger partial charge in [-0.3, -0.25) is 0 Å². The summed E-state index contributed by atoms with van der Waals surface area (Å²) in [7, 11) is 0. The Morgan fingerprint density at radius 3 is 3.06 bits per heavy atom. The van der Waals surface area contributed by atoms with Crippen molar-refractivity contribution in [2.75, 3.05) is 11.1 Å². The van der Waals surface area contributed by atoms with Gasteiger partial charge in [0.1, 0.15) is 11.6 Å². The van der Waals surface area contributed by atoms with E-state index in [0.717, 1.165) is 21.6 Å². The van der Waals surface area contributed by atoms with Crippen LogP contribution in [0.15, 0.2) is 33.5 Å². The molecule has 5 heteroatoms. The number of nitrogens with zero attached hydrogens (tertiary/aromatic N) is 1. The van der Waals surface area contributed by atoms with Gasteiger partial charge in [0, 0.05) is 0 Å². The van der Waals surface area contributed by atoms with E-state index in [0.29, 0.717) is 12.2 Å². The smallest absolute Gasteiger partial charge is 0.141 e. The van der Waals surface area contributed by atoms with Crippen LogP contribution in [0.4, 0.5) is 11.5 Å². The predicted molar refractivity (Wildman–Crippen MR) is 67.1 cm³/mol. The summed E-state index contributed by atoms with van der Waals surface area (Å²) in [4.78, 5) is 4.21. The lowest BCUT2D eigenvalue weighted by atomic mass is 10.2. The minimum absolute atomic E-state index is 0.599. The normalized spacial score (nSPS) is 10.4. The molecule has 4 nitrogen and oxygen atoms in total. The molecule has 3 N–H and O–H groups in total. The highest BCUT2D eigenvalue weighted by Gasteiger charge is 2.07. The van der Waals surface area contributed by atoms with Gasteiger partial charge in [0.05, 0.1) is 29.2 Å². The van der Waals surface area contributed by atoms with E-state index in [1.54, 1.807) is 12.5 Å². The van der Waals surface area contributed by atoms with E-state index in [1.807, 2.05) is 19.1 Å². The van der Waals surface area contributed by atoms with Crippen molar-refractivity contribution in [3.05, 3.63) is 40.4 Å². The van der Waals surface area contributed by atoms with Crippen molar-refractivity contribution in [1.82, 2.24) is 4.98 Å². The monoisotopic (exact) mass is 281 g/mol. The van der Waals surface area contributed by atoms with Crippen molar-refractivity contribution >= 4 is 27.4 Å². The summed E-state index contributed by atoms with van der Waals surface area (Å²) < 4.78 is 6.11. The molecule has 84 valence electrons. The lowest BCUT2D eigenvalue weighted by Crippen LogP contribution is -2.03. The highest BCUT2D eigenvalue weighted by molar-refractivity contribution is 9.10. The SMILES string of the molecule is Cc1c(N)cnc(NCc2ccco2)c1Br. The molecule has 0 fully saturated rings. The first-order chi connectivity index (χ1) is 7.68. The van der Waals surface area contributed by atoms with Gasteiger partial charge in [-0.15, -0.1) is 0 Å². The highest BCUT2D eigenvalue weighted by Crippen LogP contribution is 2.27. The molecule has 0 saturated heterocycles. The summed E-state index contributed by atoms with van der Waals surface area (Å²) in [5.41, 5.74) is 7.40. The molecule has 0 bridgehead atoms. The number of halogens is 1. The summed E-state index contributed by atoms with van der Waals surface area (Å²) in [5, 5.41) is 3.18. The van der Waals surface area contributed by atoms with Crippen molar-refractivity contribution < 1.29 is 4.42 Å². The van der Waals surface area contributed by atoms with Crippen LogP contribution < -0.4 is 11.1 Å². The molecule has 16 heavy (non-hydrogen) atoms. The molecule has 0 aliphatic heterocycles. The lowest BCUT2D eigenvalue weighted by molar-refractivity contribution is 0.518. The van der Waals surface area contributed by atoms with Crippen LogP contribution in [0.1, 0.15) is 11.3 Å². The van der Waals surface area contributed by atoms with Crippen LogP contribution in [0.5, 0.6) is 0 Å². The van der Waals surface area contributed by atoms with E-state index in [9.17, 15) is 0 Å². The zero-order chi connectivity index (χ0) is 11.5.